The standard InChI is InChI=1S/C12H10ClN5S/c13-11-12(17-19-16-11)15-10-6-14-18(8-10)7-9-4-2-1-3-5-9/h1-6,8H,7H2,(H,15,17). The molecule has 5 nitrogen and oxygen atoms in total. The second-order valence-corrected chi connectivity index (χ2v) is 4.83. The van der Waals surface area contributed by atoms with E-state index in [9.17, 15) is 0 Å². The van der Waals surface area contributed by atoms with Gasteiger partial charge in [-0.05, 0) is 5.56 Å². The molecule has 0 amide bonds. The Morgan fingerprint density at radius 3 is 2.79 bits per heavy atom. The number of halogens is 1. The van der Waals surface area contributed by atoms with Crippen molar-refractivity contribution in [2.24, 2.45) is 0 Å². The first-order valence-corrected chi connectivity index (χ1v) is 6.73. The minimum Gasteiger partial charge on any atom is -0.334 e. The summed E-state index contributed by atoms with van der Waals surface area (Å²) < 4.78 is 9.80. The molecular formula is C12H10ClN5S. The Hall–Kier alpha value is -1.92. The summed E-state index contributed by atoms with van der Waals surface area (Å²) in [7, 11) is 0. The molecule has 0 aliphatic heterocycles. The zero-order chi connectivity index (χ0) is 13.1. The quantitative estimate of drug-likeness (QED) is 0.802. The lowest BCUT2D eigenvalue weighted by Crippen LogP contribution is -1.99. The van der Waals surface area contributed by atoms with Crippen molar-refractivity contribution in [1.29, 1.82) is 0 Å². The predicted molar refractivity (Wildman–Crippen MR) is 76.0 cm³/mol. The van der Waals surface area contributed by atoms with E-state index in [0.29, 0.717) is 11.0 Å². The molecule has 0 unspecified atom stereocenters. The summed E-state index contributed by atoms with van der Waals surface area (Å²) in [5.41, 5.74) is 2.04. The molecule has 0 spiro atoms. The van der Waals surface area contributed by atoms with Crippen LogP contribution in [0, 0.1) is 0 Å². The minimum atomic E-state index is 0.376. The second-order valence-electron chi connectivity index (χ2n) is 3.94. The molecule has 0 saturated carbocycles. The largest absolute Gasteiger partial charge is 0.334 e. The highest BCUT2D eigenvalue weighted by Crippen LogP contribution is 2.22. The SMILES string of the molecule is Clc1nsnc1Nc1cnn(Cc2ccccc2)c1. The number of hydrogen-bond donors (Lipinski definition) is 1. The van der Waals surface area contributed by atoms with Crippen molar-refractivity contribution in [1.82, 2.24) is 18.5 Å². The van der Waals surface area contributed by atoms with E-state index in [0.717, 1.165) is 24.0 Å². The molecular weight excluding hydrogens is 282 g/mol. The van der Waals surface area contributed by atoms with Gasteiger partial charge in [0.1, 0.15) is 0 Å². The summed E-state index contributed by atoms with van der Waals surface area (Å²) >= 11 is 6.95. The summed E-state index contributed by atoms with van der Waals surface area (Å²) in [5, 5.41) is 7.74. The van der Waals surface area contributed by atoms with Crippen molar-refractivity contribution in [2.45, 2.75) is 6.54 Å². The van der Waals surface area contributed by atoms with Crippen LogP contribution in [-0.4, -0.2) is 18.5 Å². The van der Waals surface area contributed by atoms with Crippen molar-refractivity contribution in [2.75, 3.05) is 5.32 Å². The maximum atomic E-state index is 5.87. The average Bonchev–Trinajstić information content (AvgIpc) is 3.02. The van der Waals surface area contributed by atoms with Gasteiger partial charge in [0.2, 0.25) is 0 Å². The Kier molecular flexibility index (Phi) is 3.43. The van der Waals surface area contributed by atoms with Crippen LogP contribution in [0.15, 0.2) is 42.7 Å². The van der Waals surface area contributed by atoms with E-state index < -0.39 is 0 Å². The number of nitrogens with zero attached hydrogens (tertiary/aromatic N) is 4. The van der Waals surface area contributed by atoms with Crippen LogP contribution in [0.25, 0.3) is 0 Å². The molecule has 19 heavy (non-hydrogen) atoms. The lowest BCUT2D eigenvalue weighted by Gasteiger charge is -2.01. The number of nitrogens with one attached hydrogen (secondary N) is 1. The Balaban J connectivity index is 1.72. The Labute approximate surface area is 119 Å². The van der Waals surface area contributed by atoms with Gasteiger partial charge in [-0.3, -0.25) is 4.68 Å². The average molecular weight is 292 g/mol. The van der Waals surface area contributed by atoms with Crippen molar-refractivity contribution < 1.29 is 0 Å². The monoisotopic (exact) mass is 291 g/mol. The van der Waals surface area contributed by atoms with Gasteiger partial charge >= 0.3 is 0 Å². The van der Waals surface area contributed by atoms with Crippen molar-refractivity contribution in [3.63, 3.8) is 0 Å². The smallest absolute Gasteiger partial charge is 0.187 e. The van der Waals surface area contributed by atoms with E-state index in [1.165, 1.54) is 5.56 Å². The molecule has 1 aromatic carbocycles. The lowest BCUT2D eigenvalue weighted by molar-refractivity contribution is 0.687. The summed E-state index contributed by atoms with van der Waals surface area (Å²) in [6.07, 6.45) is 3.64. The fourth-order valence-corrected chi connectivity index (χ4v) is 2.32. The maximum absolute atomic E-state index is 5.87. The molecule has 0 saturated heterocycles. The summed E-state index contributed by atoms with van der Waals surface area (Å²) in [4.78, 5) is 0. The molecule has 0 aliphatic carbocycles. The third kappa shape index (κ3) is 2.91. The lowest BCUT2D eigenvalue weighted by atomic mass is 10.2. The van der Waals surface area contributed by atoms with Gasteiger partial charge in [-0.25, -0.2) is 0 Å². The number of rotatable bonds is 4. The fraction of sp³-hybridized carbons (Fsp3) is 0.0833. The highest BCUT2D eigenvalue weighted by atomic mass is 35.5. The van der Waals surface area contributed by atoms with Crippen LogP contribution in [0.1, 0.15) is 5.56 Å². The molecule has 0 fully saturated rings. The minimum absolute atomic E-state index is 0.376. The molecule has 7 heteroatoms. The van der Waals surface area contributed by atoms with Gasteiger partial charge in [0.05, 0.1) is 30.2 Å². The van der Waals surface area contributed by atoms with Crippen molar-refractivity contribution >= 4 is 34.8 Å². The van der Waals surface area contributed by atoms with Gasteiger partial charge in [-0.2, -0.15) is 13.8 Å². The van der Waals surface area contributed by atoms with Crippen molar-refractivity contribution in [3.8, 4) is 0 Å². The molecule has 3 rings (SSSR count). The number of aromatic nitrogens is 4. The molecule has 0 aliphatic rings. The Bertz CT molecular complexity index is 664. The van der Waals surface area contributed by atoms with Gasteiger partial charge in [-0.15, -0.1) is 0 Å². The topological polar surface area (TPSA) is 55.6 Å². The highest BCUT2D eigenvalue weighted by molar-refractivity contribution is 6.99. The molecule has 0 radical (unpaired) electrons. The number of hydrogen-bond acceptors (Lipinski definition) is 5. The number of benzene rings is 1. The van der Waals surface area contributed by atoms with E-state index in [1.807, 2.05) is 29.1 Å². The highest BCUT2D eigenvalue weighted by Gasteiger charge is 2.06. The van der Waals surface area contributed by atoms with Gasteiger partial charge in [-0.1, -0.05) is 41.9 Å². The normalized spacial score (nSPS) is 10.6. The van der Waals surface area contributed by atoms with E-state index in [2.05, 4.69) is 31.3 Å². The third-order valence-electron chi connectivity index (χ3n) is 2.53. The molecule has 0 atom stereocenters. The molecule has 0 bridgehead atoms. The first-order valence-electron chi connectivity index (χ1n) is 5.63. The molecule has 2 aromatic heterocycles. The second kappa shape index (κ2) is 5.38. The Morgan fingerprint density at radius 1 is 1.21 bits per heavy atom. The summed E-state index contributed by atoms with van der Waals surface area (Å²) in [6.45, 7) is 0.728. The zero-order valence-electron chi connectivity index (χ0n) is 9.82. The first kappa shape index (κ1) is 12.1. The van der Waals surface area contributed by atoms with Crippen LogP contribution in [0.3, 0.4) is 0 Å². The summed E-state index contributed by atoms with van der Waals surface area (Å²) in [6, 6.07) is 10.2. The molecule has 3 aromatic rings. The van der Waals surface area contributed by atoms with E-state index in [1.54, 1.807) is 6.20 Å². The van der Waals surface area contributed by atoms with Gasteiger partial charge < -0.3 is 5.32 Å². The zero-order valence-corrected chi connectivity index (χ0v) is 11.4. The molecule has 1 N–H and O–H groups in total. The molecule has 96 valence electrons. The van der Waals surface area contributed by atoms with Crippen LogP contribution < -0.4 is 5.32 Å². The Morgan fingerprint density at radius 2 is 2.05 bits per heavy atom. The van der Waals surface area contributed by atoms with Gasteiger partial charge in [0, 0.05) is 6.20 Å². The van der Waals surface area contributed by atoms with Gasteiger partial charge in [0.15, 0.2) is 11.0 Å². The predicted octanol–water partition coefficient (Wildman–Crippen LogP) is 3.18. The summed E-state index contributed by atoms with van der Waals surface area (Å²) in [5.74, 6) is 0.561. The van der Waals surface area contributed by atoms with E-state index >= 15 is 0 Å². The first-order chi connectivity index (χ1) is 9.31. The fourth-order valence-electron chi connectivity index (χ4n) is 1.67. The maximum Gasteiger partial charge on any atom is 0.187 e. The van der Waals surface area contributed by atoms with Crippen LogP contribution in [-0.2, 0) is 6.54 Å². The third-order valence-corrected chi connectivity index (χ3v) is 3.42. The van der Waals surface area contributed by atoms with E-state index in [4.69, 9.17) is 11.6 Å². The van der Waals surface area contributed by atoms with E-state index in [-0.39, 0.29) is 0 Å². The number of anilines is 2. The van der Waals surface area contributed by atoms with Crippen LogP contribution in [0.5, 0.6) is 0 Å². The van der Waals surface area contributed by atoms with Crippen LogP contribution >= 0.6 is 23.3 Å². The van der Waals surface area contributed by atoms with Crippen LogP contribution in [0.4, 0.5) is 11.5 Å². The molecule has 2 heterocycles. The van der Waals surface area contributed by atoms with Crippen LogP contribution in [0.2, 0.25) is 5.15 Å². The van der Waals surface area contributed by atoms with Crippen molar-refractivity contribution in [3.05, 3.63) is 53.4 Å². The van der Waals surface area contributed by atoms with Gasteiger partial charge in [0.25, 0.3) is 0 Å².